The van der Waals surface area contributed by atoms with Crippen molar-refractivity contribution >= 4 is 23.5 Å². The van der Waals surface area contributed by atoms with Crippen LogP contribution in [0.5, 0.6) is 0 Å². The van der Waals surface area contributed by atoms with E-state index in [1.807, 2.05) is 0 Å². The van der Waals surface area contributed by atoms with E-state index >= 15 is 0 Å². The Kier molecular flexibility index (Phi) is 3.88. The van der Waals surface area contributed by atoms with Gasteiger partial charge in [-0.3, -0.25) is 0 Å². The number of halogens is 2. The maximum atomic E-state index is 13.0. The fourth-order valence-electron chi connectivity index (χ4n) is 2.30. The lowest BCUT2D eigenvalue weighted by Gasteiger charge is -2.25. The number of fused-ring (bicyclic) bond motifs is 1. The van der Waals surface area contributed by atoms with Crippen molar-refractivity contribution in [2.24, 2.45) is 0 Å². The van der Waals surface area contributed by atoms with Gasteiger partial charge in [-0.2, -0.15) is 0 Å². The minimum absolute atomic E-state index is 0. The SMILES string of the molecule is C[C@@H]1CC[C@@H](c2nc3ccc(F)cc3o2)CN1.Cl. The lowest BCUT2D eigenvalue weighted by atomic mass is 9.95. The minimum Gasteiger partial charge on any atom is -0.440 e. The summed E-state index contributed by atoms with van der Waals surface area (Å²) >= 11 is 0. The van der Waals surface area contributed by atoms with Crippen molar-refractivity contribution in [1.29, 1.82) is 0 Å². The van der Waals surface area contributed by atoms with Crippen LogP contribution in [0.2, 0.25) is 0 Å². The molecule has 1 N–H and O–H groups in total. The molecular formula is C13H16ClFN2O. The fourth-order valence-corrected chi connectivity index (χ4v) is 2.30. The third-order valence-corrected chi connectivity index (χ3v) is 3.38. The van der Waals surface area contributed by atoms with Gasteiger partial charge in [-0.05, 0) is 31.9 Å². The molecule has 0 spiro atoms. The normalized spacial score (nSPS) is 23.9. The maximum Gasteiger partial charge on any atom is 0.199 e. The molecule has 0 aliphatic carbocycles. The van der Waals surface area contributed by atoms with E-state index in [0.29, 0.717) is 17.5 Å². The summed E-state index contributed by atoms with van der Waals surface area (Å²) in [7, 11) is 0. The van der Waals surface area contributed by atoms with Crippen molar-refractivity contribution in [3.8, 4) is 0 Å². The Morgan fingerprint density at radius 2 is 2.22 bits per heavy atom. The van der Waals surface area contributed by atoms with Gasteiger partial charge in [0.1, 0.15) is 11.3 Å². The van der Waals surface area contributed by atoms with E-state index in [-0.39, 0.29) is 18.2 Å². The first-order valence-electron chi connectivity index (χ1n) is 6.02. The molecule has 1 aliphatic rings. The Balaban J connectivity index is 0.00000120. The Bertz CT molecular complexity index is 535. The largest absolute Gasteiger partial charge is 0.440 e. The molecule has 0 saturated carbocycles. The number of hydrogen-bond acceptors (Lipinski definition) is 3. The molecule has 3 nitrogen and oxygen atoms in total. The summed E-state index contributed by atoms with van der Waals surface area (Å²) in [6, 6.07) is 5.03. The first-order chi connectivity index (χ1) is 8.22. The van der Waals surface area contributed by atoms with Gasteiger partial charge in [0.05, 0.1) is 0 Å². The summed E-state index contributed by atoms with van der Waals surface area (Å²) in [5, 5.41) is 3.41. The van der Waals surface area contributed by atoms with Gasteiger partial charge in [-0.1, -0.05) is 0 Å². The molecule has 3 rings (SSSR count). The second-order valence-electron chi connectivity index (χ2n) is 4.75. The summed E-state index contributed by atoms with van der Waals surface area (Å²) in [6.07, 6.45) is 2.20. The Morgan fingerprint density at radius 3 is 2.94 bits per heavy atom. The van der Waals surface area contributed by atoms with Gasteiger partial charge >= 0.3 is 0 Å². The summed E-state index contributed by atoms with van der Waals surface area (Å²) < 4.78 is 18.7. The van der Waals surface area contributed by atoms with E-state index in [0.717, 1.165) is 30.8 Å². The second kappa shape index (κ2) is 5.24. The van der Waals surface area contributed by atoms with Crippen LogP contribution in [-0.2, 0) is 0 Å². The van der Waals surface area contributed by atoms with Crippen molar-refractivity contribution in [1.82, 2.24) is 10.3 Å². The molecule has 0 radical (unpaired) electrons. The molecule has 18 heavy (non-hydrogen) atoms. The van der Waals surface area contributed by atoms with Crippen LogP contribution in [-0.4, -0.2) is 17.6 Å². The van der Waals surface area contributed by atoms with Crippen molar-refractivity contribution < 1.29 is 8.81 Å². The standard InChI is InChI=1S/C13H15FN2O.ClH/c1-8-2-3-9(7-15-8)13-16-11-5-4-10(14)6-12(11)17-13;/h4-6,8-9,15H,2-3,7H2,1H3;1H/t8-,9-;/m1./s1. The third-order valence-electron chi connectivity index (χ3n) is 3.38. The van der Waals surface area contributed by atoms with E-state index in [1.54, 1.807) is 6.07 Å². The molecule has 0 bridgehead atoms. The smallest absolute Gasteiger partial charge is 0.199 e. The molecule has 1 aromatic heterocycles. The highest BCUT2D eigenvalue weighted by Gasteiger charge is 2.23. The van der Waals surface area contributed by atoms with Crippen LogP contribution >= 0.6 is 12.4 Å². The van der Waals surface area contributed by atoms with Gasteiger partial charge in [-0.15, -0.1) is 12.4 Å². The van der Waals surface area contributed by atoms with E-state index < -0.39 is 0 Å². The van der Waals surface area contributed by atoms with Crippen LogP contribution in [0.1, 0.15) is 31.6 Å². The van der Waals surface area contributed by atoms with Gasteiger partial charge < -0.3 is 9.73 Å². The van der Waals surface area contributed by atoms with Crippen molar-refractivity contribution in [3.63, 3.8) is 0 Å². The molecule has 2 atom stereocenters. The second-order valence-corrected chi connectivity index (χ2v) is 4.75. The van der Waals surface area contributed by atoms with Crippen LogP contribution in [0.25, 0.3) is 11.1 Å². The number of benzene rings is 1. The molecule has 1 aliphatic heterocycles. The van der Waals surface area contributed by atoms with Gasteiger partial charge in [0.15, 0.2) is 11.5 Å². The van der Waals surface area contributed by atoms with Crippen LogP contribution in [0.4, 0.5) is 4.39 Å². The van der Waals surface area contributed by atoms with Crippen molar-refractivity contribution in [2.75, 3.05) is 6.54 Å². The van der Waals surface area contributed by atoms with Gasteiger partial charge in [0.2, 0.25) is 0 Å². The first kappa shape index (κ1) is 13.3. The van der Waals surface area contributed by atoms with E-state index in [2.05, 4.69) is 17.2 Å². The zero-order valence-corrected chi connectivity index (χ0v) is 11.0. The molecule has 2 aromatic rings. The zero-order chi connectivity index (χ0) is 11.8. The van der Waals surface area contributed by atoms with Gasteiger partial charge in [0, 0.05) is 24.6 Å². The Hall–Kier alpha value is -1.13. The van der Waals surface area contributed by atoms with Crippen molar-refractivity contribution in [3.05, 3.63) is 29.9 Å². The number of aromatic nitrogens is 1. The molecule has 5 heteroatoms. The summed E-state index contributed by atoms with van der Waals surface area (Å²) in [5.41, 5.74) is 1.28. The summed E-state index contributed by atoms with van der Waals surface area (Å²) in [5.74, 6) is 0.752. The number of nitrogens with one attached hydrogen (secondary N) is 1. The highest BCUT2D eigenvalue weighted by atomic mass is 35.5. The number of hydrogen-bond donors (Lipinski definition) is 1. The van der Waals surface area contributed by atoms with Crippen molar-refractivity contribution in [2.45, 2.75) is 31.7 Å². The molecule has 1 aromatic carbocycles. The lowest BCUT2D eigenvalue weighted by molar-refractivity contribution is 0.342. The predicted octanol–water partition coefficient (Wildman–Crippen LogP) is 3.24. The zero-order valence-electron chi connectivity index (χ0n) is 10.1. The molecule has 0 unspecified atom stereocenters. The highest BCUT2D eigenvalue weighted by molar-refractivity contribution is 5.85. The fraction of sp³-hybridized carbons (Fsp3) is 0.462. The minimum atomic E-state index is -0.282. The molecular weight excluding hydrogens is 255 g/mol. The van der Waals surface area contributed by atoms with Gasteiger partial charge in [-0.25, -0.2) is 9.37 Å². The lowest BCUT2D eigenvalue weighted by Crippen LogP contribution is -2.35. The van der Waals surface area contributed by atoms with Crippen LogP contribution < -0.4 is 5.32 Å². The highest BCUT2D eigenvalue weighted by Crippen LogP contribution is 2.27. The monoisotopic (exact) mass is 270 g/mol. The Labute approximate surface area is 111 Å². The van der Waals surface area contributed by atoms with E-state index in [1.165, 1.54) is 12.1 Å². The third kappa shape index (κ3) is 2.49. The summed E-state index contributed by atoms with van der Waals surface area (Å²) in [4.78, 5) is 4.43. The predicted molar refractivity (Wildman–Crippen MR) is 70.7 cm³/mol. The first-order valence-corrected chi connectivity index (χ1v) is 6.02. The van der Waals surface area contributed by atoms with Gasteiger partial charge in [0.25, 0.3) is 0 Å². The average Bonchev–Trinajstić information content (AvgIpc) is 2.72. The van der Waals surface area contributed by atoms with E-state index in [9.17, 15) is 4.39 Å². The molecule has 2 heterocycles. The molecule has 0 amide bonds. The number of piperidine rings is 1. The Morgan fingerprint density at radius 1 is 1.39 bits per heavy atom. The van der Waals surface area contributed by atoms with Crippen LogP contribution in [0, 0.1) is 5.82 Å². The van der Waals surface area contributed by atoms with Crippen LogP contribution in [0.3, 0.4) is 0 Å². The number of rotatable bonds is 1. The number of oxazole rings is 1. The van der Waals surface area contributed by atoms with E-state index in [4.69, 9.17) is 4.42 Å². The summed E-state index contributed by atoms with van der Waals surface area (Å²) in [6.45, 7) is 3.06. The molecule has 98 valence electrons. The molecule has 1 saturated heterocycles. The van der Waals surface area contributed by atoms with Crippen LogP contribution in [0.15, 0.2) is 22.6 Å². The maximum absolute atomic E-state index is 13.0. The topological polar surface area (TPSA) is 38.1 Å². The molecule has 1 fully saturated rings. The average molecular weight is 271 g/mol. The quantitative estimate of drug-likeness (QED) is 0.864. The number of nitrogens with zero attached hydrogens (tertiary/aromatic N) is 1.